The second-order valence-corrected chi connectivity index (χ2v) is 5.74. The fourth-order valence-corrected chi connectivity index (χ4v) is 2.87. The zero-order chi connectivity index (χ0) is 16.4. The number of carbonyl (C=O) groups excluding carboxylic acids is 2. The van der Waals surface area contributed by atoms with Gasteiger partial charge in [-0.15, -0.1) is 0 Å². The highest BCUT2D eigenvalue weighted by molar-refractivity contribution is 7.22. The molecular weight excluding hydrogens is 319 g/mol. The lowest BCUT2D eigenvalue weighted by molar-refractivity contribution is -0.131. The molecule has 0 aliphatic heterocycles. The van der Waals surface area contributed by atoms with Gasteiger partial charge in [-0.25, -0.2) is 9.37 Å². The first-order valence-corrected chi connectivity index (χ1v) is 7.49. The lowest BCUT2D eigenvalue weighted by Crippen LogP contribution is -2.12. The fourth-order valence-electron chi connectivity index (χ4n) is 1.99. The molecule has 116 valence electrons. The normalized spacial score (nSPS) is 10.5. The fraction of sp³-hybridized carbons (Fsp3) is 0.0625. The van der Waals surface area contributed by atoms with E-state index in [1.807, 2.05) is 0 Å². The zero-order valence-corrected chi connectivity index (χ0v) is 12.8. The predicted octanol–water partition coefficient (Wildman–Crippen LogP) is 3.61. The molecule has 1 aromatic heterocycles. The first-order valence-electron chi connectivity index (χ1n) is 6.67. The van der Waals surface area contributed by atoms with E-state index in [4.69, 9.17) is 4.74 Å². The molecular formula is C16H11FN2O3S. The van der Waals surface area contributed by atoms with Crippen molar-refractivity contribution in [2.45, 2.75) is 6.92 Å². The van der Waals surface area contributed by atoms with Crippen LogP contribution in [0.1, 0.15) is 17.3 Å². The molecule has 7 heteroatoms. The minimum absolute atomic E-state index is 0.288. The summed E-state index contributed by atoms with van der Waals surface area (Å²) in [6, 6.07) is 10.5. The molecule has 0 radical (unpaired) electrons. The third-order valence-corrected chi connectivity index (χ3v) is 3.86. The van der Waals surface area contributed by atoms with Gasteiger partial charge in [0.25, 0.3) is 5.91 Å². The Hall–Kier alpha value is -2.80. The first kappa shape index (κ1) is 15.1. The van der Waals surface area contributed by atoms with Gasteiger partial charge in [0.2, 0.25) is 0 Å². The maximum absolute atomic E-state index is 13.2. The summed E-state index contributed by atoms with van der Waals surface area (Å²) in [5.41, 5.74) is 0.939. The summed E-state index contributed by atoms with van der Waals surface area (Å²) in [6.07, 6.45) is 0. The van der Waals surface area contributed by atoms with E-state index in [9.17, 15) is 14.0 Å². The first-order chi connectivity index (χ1) is 11.0. The number of benzene rings is 2. The second-order valence-electron chi connectivity index (χ2n) is 4.71. The van der Waals surface area contributed by atoms with Crippen molar-refractivity contribution in [2.24, 2.45) is 0 Å². The van der Waals surface area contributed by atoms with E-state index in [1.54, 1.807) is 24.3 Å². The van der Waals surface area contributed by atoms with Crippen molar-refractivity contribution in [3.05, 3.63) is 53.8 Å². The van der Waals surface area contributed by atoms with Gasteiger partial charge in [0.1, 0.15) is 11.6 Å². The number of anilines is 1. The summed E-state index contributed by atoms with van der Waals surface area (Å²) in [5.74, 6) is -0.918. The molecule has 1 heterocycles. The average molecular weight is 330 g/mol. The Balaban J connectivity index is 1.81. The van der Waals surface area contributed by atoms with E-state index < -0.39 is 11.9 Å². The van der Waals surface area contributed by atoms with Crippen molar-refractivity contribution in [3.8, 4) is 5.75 Å². The molecule has 23 heavy (non-hydrogen) atoms. The number of carbonyl (C=O) groups is 2. The molecule has 1 N–H and O–H groups in total. The molecule has 0 aliphatic carbocycles. The van der Waals surface area contributed by atoms with Crippen LogP contribution in [0.2, 0.25) is 0 Å². The second kappa shape index (κ2) is 6.13. The van der Waals surface area contributed by atoms with Crippen LogP contribution in [0, 0.1) is 5.82 Å². The number of thiazole rings is 1. The van der Waals surface area contributed by atoms with Crippen molar-refractivity contribution in [3.63, 3.8) is 0 Å². The molecule has 0 atom stereocenters. The number of rotatable bonds is 3. The van der Waals surface area contributed by atoms with Crippen LogP contribution >= 0.6 is 11.3 Å². The van der Waals surface area contributed by atoms with Crippen LogP contribution in [0.5, 0.6) is 5.75 Å². The number of ether oxygens (including phenoxy) is 1. The van der Waals surface area contributed by atoms with Gasteiger partial charge in [-0.05, 0) is 36.4 Å². The highest BCUT2D eigenvalue weighted by Gasteiger charge is 2.11. The summed E-state index contributed by atoms with van der Waals surface area (Å²) in [4.78, 5) is 27.4. The molecule has 0 saturated carbocycles. The lowest BCUT2D eigenvalue weighted by Gasteiger charge is -2.04. The van der Waals surface area contributed by atoms with Crippen LogP contribution in [-0.2, 0) is 4.79 Å². The van der Waals surface area contributed by atoms with Gasteiger partial charge < -0.3 is 4.74 Å². The Kier molecular flexibility index (Phi) is 4.03. The third-order valence-electron chi connectivity index (χ3n) is 2.93. The number of nitrogens with one attached hydrogen (secondary N) is 1. The summed E-state index contributed by atoms with van der Waals surface area (Å²) in [7, 11) is 0. The van der Waals surface area contributed by atoms with Crippen LogP contribution in [0.15, 0.2) is 42.5 Å². The molecule has 0 aliphatic rings. The summed E-state index contributed by atoms with van der Waals surface area (Å²) >= 11 is 1.18. The van der Waals surface area contributed by atoms with E-state index in [2.05, 4.69) is 10.3 Å². The summed E-state index contributed by atoms with van der Waals surface area (Å²) in [5, 5.41) is 3.02. The van der Waals surface area contributed by atoms with Crippen molar-refractivity contribution < 1.29 is 18.7 Å². The van der Waals surface area contributed by atoms with Crippen LogP contribution in [0.25, 0.3) is 10.2 Å². The number of aromatic nitrogens is 1. The Labute approximate surface area is 134 Å². The summed E-state index contributed by atoms with van der Waals surface area (Å²) in [6.45, 7) is 1.28. The van der Waals surface area contributed by atoms with Crippen LogP contribution in [0.3, 0.4) is 0 Å². The topological polar surface area (TPSA) is 68.3 Å². The smallest absolute Gasteiger partial charge is 0.308 e. The van der Waals surface area contributed by atoms with Crippen molar-refractivity contribution in [1.29, 1.82) is 0 Å². The molecule has 2 aromatic carbocycles. The average Bonchev–Trinajstić information content (AvgIpc) is 2.88. The molecule has 0 bridgehead atoms. The molecule has 0 fully saturated rings. The number of halogens is 1. The number of fused-ring (bicyclic) bond motifs is 1. The van der Waals surface area contributed by atoms with Crippen molar-refractivity contribution >= 4 is 38.6 Å². The van der Waals surface area contributed by atoms with Gasteiger partial charge in [-0.3, -0.25) is 14.9 Å². The molecule has 0 unspecified atom stereocenters. The molecule has 1 amide bonds. The van der Waals surface area contributed by atoms with E-state index in [-0.39, 0.29) is 11.6 Å². The molecule has 0 saturated heterocycles. The SMILES string of the molecule is CC(=O)Oc1cccc(C(=O)Nc2nc3ccc(F)cc3s2)c1. The number of esters is 1. The van der Waals surface area contributed by atoms with Gasteiger partial charge in [0, 0.05) is 12.5 Å². The van der Waals surface area contributed by atoms with E-state index in [0.29, 0.717) is 20.9 Å². The number of hydrogen-bond acceptors (Lipinski definition) is 5. The van der Waals surface area contributed by atoms with Gasteiger partial charge in [0.15, 0.2) is 5.13 Å². The quantitative estimate of drug-likeness (QED) is 0.588. The zero-order valence-electron chi connectivity index (χ0n) is 12.0. The van der Waals surface area contributed by atoms with E-state index >= 15 is 0 Å². The minimum atomic E-state index is -0.462. The lowest BCUT2D eigenvalue weighted by atomic mass is 10.2. The number of nitrogens with zero attached hydrogens (tertiary/aromatic N) is 1. The van der Waals surface area contributed by atoms with Gasteiger partial charge in [-0.1, -0.05) is 17.4 Å². The standard InChI is InChI=1S/C16H11FN2O3S/c1-9(20)22-12-4-2-3-10(7-12)15(21)19-16-18-13-6-5-11(17)8-14(13)23-16/h2-8H,1H3,(H,18,19,21). The largest absolute Gasteiger partial charge is 0.427 e. The number of amides is 1. The highest BCUT2D eigenvalue weighted by atomic mass is 32.1. The predicted molar refractivity (Wildman–Crippen MR) is 85.3 cm³/mol. The van der Waals surface area contributed by atoms with Crippen LogP contribution < -0.4 is 10.1 Å². The molecule has 5 nitrogen and oxygen atoms in total. The van der Waals surface area contributed by atoms with Crippen molar-refractivity contribution in [1.82, 2.24) is 4.98 Å². The van der Waals surface area contributed by atoms with Gasteiger partial charge >= 0.3 is 5.97 Å². The van der Waals surface area contributed by atoms with Crippen LogP contribution in [0.4, 0.5) is 9.52 Å². The maximum Gasteiger partial charge on any atom is 0.308 e. The molecule has 3 aromatic rings. The number of hydrogen-bond donors (Lipinski definition) is 1. The minimum Gasteiger partial charge on any atom is -0.427 e. The van der Waals surface area contributed by atoms with Gasteiger partial charge in [0.05, 0.1) is 10.2 Å². The van der Waals surface area contributed by atoms with Gasteiger partial charge in [-0.2, -0.15) is 0 Å². The highest BCUT2D eigenvalue weighted by Crippen LogP contribution is 2.27. The molecule has 0 spiro atoms. The Morgan fingerprint density at radius 2 is 2.04 bits per heavy atom. The molecule has 3 rings (SSSR count). The van der Waals surface area contributed by atoms with Crippen LogP contribution in [-0.4, -0.2) is 16.9 Å². The Morgan fingerprint density at radius 3 is 2.83 bits per heavy atom. The monoisotopic (exact) mass is 330 g/mol. The van der Waals surface area contributed by atoms with Crippen molar-refractivity contribution in [2.75, 3.05) is 5.32 Å². The maximum atomic E-state index is 13.2. The summed E-state index contributed by atoms with van der Waals surface area (Å²) < 4.78 is 18.8. The Morgan fingerprint density at radius 1 is 1.22 bits per heavy atom. The van der Waals surface area contributed by atoms with E-state index in [1.165, 1.54) is 36.5 Å². The van der Waals surface area contributed by atoms with E-state index in [0.717, 1.165) is 0 Å². The Bertz CT molecular complexity index is 907. The third kappa shape index (κ3) is 3.51.